The summed E-state index contributed by atoms with van der Waals surface area (Å²) in [5.41, 5.74) is 2.45. The van der Waals surface area contributed by atoms with Crippen LogP contribution in [-0.4, -0.2) is 25.0 Å². The van der Waals surface area contributed by atoms with Crippen LogP contribution in [0.2, 0.25) is 0 Å². The van der Waals surface area contributed by atoms with Crippen LogP contribution in [0.1, 0.15) is 64.1 Å². The van der Waals surface area contributed by atoms with Crippen LogP contribution in [-0.2, 0) is 4.79 Å². The molecule has 0 aromatic heterocycles. The molecule has 5 heteroatoms. The summed E-state index contributed by atoms with van der Waals surface area (Å²) in [6.45, 7) is 11.2. The summed E-state index contributed by atoms with van der Waals surface area (Å²) < 4.78 is 0. The Labute approximate surface area is 145 Å². The lowest BCUT2D eigenvalue weighted by molar-refractivity contribution is -0.119. The summed E-state index contributed by atoms with van der Waals surface area (Å²) in [4.78, 5) is 23.4. The number of imide groups is 1. The van der Waals surface area contributed by atoms with Crippen molar-refractivity contribution in [2.75, 3.05) is 13.1 Å². The normalized spacial score (nSPS) is 12.3. The van der Waals surface area contributed by atoms with Crippen LogP contribution in [0.3, 0.4) is 0 Å². The molecule has 0 aliphatic heterocycles. The second-order valence-electron chi connectivity index (χ2n) is 6.73. The Morgan fingerprint density at radius 1 is 1.00 bits per heavy atom. The van der Waals surface area contributed by atoms with Crippen molar-refractivity contribution in [1.29, 1.82) is 0 Å². The number of carbonyl (C=O) groups excluding carboxylic acids is 2. The minimum Gasteiger partial charge on any atom is -0.338 e. The average Bonchev–Trinajstić information content (AvgIpc) is 2.53. The number of hydrogen-bond acceptors (Lipinski definition) is 3. The summed E-state index contributed by atoms with van der Waals surface area (Å²) in [5, 5.41) is 8.21. The number of benzene rings is 1. The Bertz CT molecular complexity index is 524. The Balaban J connectivity index is 2.60. The van der Waals surface area contributed by atoms with Gasteiger partial charge in [-0.05, 0) is 29.4 Å². The van der Waals surface area contributed by atoms with E-state index in [1.54, 1.807) is 0 Å². The van der Waals surface area contributed by atoms with Gasteiger partial charge in [-0.15, -0.1) is 0 Å². The molecular formula is C19H31N3O2. The Hall–Kier alpha value is -1.88. The fourth-order valence-electron chi connectivity index (χ4n) is 2.48. The number of hydrogen-bond donors (Lipinski definition) is 3. The molecule has 0 spiro atoms. The zero-order valence-corrected chi connectivity index (χ0v) is 15.5. The number of carbonyl (C=O) groups is 2. The molecule has 1 aromatic carbocycles. The number of amides is 3. The largest absolute Gasteiger partial charge is 0.338 e. The Kier molecular flexibility index (Phi) is 8.47. The van der Waals surface area contributed by atoms with Crippen molar-refractivity contribution in [3.63, 3.8) is 0 Å². The minimum absolute atomic E-state index is 0.0654. The predicted octanol–water partition coefficient (Wildman–Crippen LogP) is 3.33. The van der Waals surface area contributed by atoms with E-state index in [9.17, 15) is 9.59 Å². The van der Waals surface area contributed by atoms with Gasteiger partial charge in [0.15, 0.2) is 0 Å². The first kappa shape index (κ1) is 20.2. The molecule has 0 unspecified atom stereocenters. The van der Waals surface area contributed by atoms with Gasteiger partial charge >= 0.3 is 6.03 Å². The second kappa shape index (κ2) is 10.1. The van der Waals surface area contributed by atoms with Gasteiger partial charge in [0.1, 0.15) is 0 Å². The van der Waals surface area contributed by atoms with Gasteiger partial charge in [0.25, 0.3) is 0 Å². The Morgan fingerprint density at radius 2 is 1.58 bits per heavy atom. The van der Waals surface area contributed by atoms with Gasteiger partial charge < -0.3 is 10.6 Å². The fraction of sp³-hybridized carbons (Fsp3) is 0.579. The van der Waals surface area contributed by atoms with Crippen LogP contribution in [0.15, 0.2) is 24.3 Å². The van der Waals surface area contributed by atoms with E-state index >= 15 is 0 Å². The minimum atomic E-state index is -0.439. The number of urea groups is 1. The van der Waals surface area contributed by atoms with Gasteiger partial charge in [-0.2, -0.15) is 0 Å². The molecule has 1 aromatic rings. The highest BCUT2D eigenvalue weighted by Crippen LogP contribution is 2.23. The lowest BCUT2D eigenvalue weighted by Gasteiger charge is -2.23. The zero-order chi connectivity index (χ0) is 18.1. The molecule has 0 saturated carbocycles. The van der Waals surface area contributed by atoms with E-state index in [1.165, 1.54) is 5.56 Å². The van der Waals surface area contributed by atoms with Crippen LogP contribution in [0, 0.1) is 5.92 Å². The molecule has 0 radical (unpaired) electrons. The van der Waals surface area contributed by atoms with Crippen LogP contribution >= 0.6 is 0 Å². The van der Waals surface area contributed by atoms with Crippen molar-refractivity contribution in [1.82, 2.24) is 16.0 Å². The van der Waals surface area contributed by atoms with Crippen molar-refractivity contribution < 1.29 is 9.59 Å². The van der Waals surface area contributed by atoms with Gasteiger partial charge in [0.05, 0.1) is 6.54 Å². The first-order valence-corrected chi connectivity index (χ1v) is 8.76. The molecule has 3 N–H and O–H groups in total. The van der Waals surface area contributed by atoms with E-state index in [2.05, 4.69) is 67.9 Å². The van der Waals surface area contributed by atoms with Crippen molar-refractivity contribution in [2.45, 2.75) is 53.0 Å². The second-order valence-corrected chi connectivity index (χ2v) is 6.73. The molecule has 0 saturated heterocycles. The SMILES string of the molecule is CCCNC(=O)NC(=O)CN[C@H](c1ccc(C(C)C)cc1)C(C)C. The molecule has 134 valence electrons. The van der Waals surface area contributed by atoms with E-state index in [0.717, 1.165) is 12.0 Å². The fourth-order valence-corrected chi connectivity index (χ4v) is 2.48. The van der Waals surface area contributed by atoms with Gasteiger partial charge in [-0.1, -0.05) is 58.9 Å². The standard InChI is InChI=1S/C19H31N3O2/c1-6-11-20-19(24)22-17(23)12-21-18(14(4)5)16-9-7-15(8-10-16)13(2)3/h7-10,13-14,18,21H,6,11-12H2,1-5H3,(H2,20,22,23,24)/t18-/m0/s1. The van der Waals surface area contributed by atoms with Crippen LogP contribution < -0.4 is 16.0 Å². The lowest BCUT2D eigenvalue weighted by atomic mass is 9.93. The van der Waals surface area contributed by atoms with Gasteiger partial charge in [0, 0.05) is 12.6 Å². The van der Waals surface area contributed by atoms with Gasteiger partial charge in [-0.3, -0.25) is 10.1 Å². The highest BCUT2D eigenvalue weighted by molar-refractivity contribution is 5.95. The molecule has 0 fully saturated rings. The summed E-state index contributed by atoms with van der Waals surface area (Å²) in [6, 6.07) is 8.12. The molecule has 5 nitrogen and oxygen atoms in total. The summed E-state index contributed by atoms with van der Waals surface area (Å²) in [5.74, 6) is 0.501. The summed E-state index contributed by atoms with van der Waals surface area (Å²) in [7, 11) is 0. The zero-order valence-electron chi connectivity index (χ0n) is 15.5. The Morgan fingerprint density at radius 3 is 2.08 bits per heavy atom. The molecule has 3 amide bonds. The topological polar surface area (TPSA) is 70.2 Å². The van der Waals surface area contributed by atoms with E-state index in [0.29, 0.717) is 18.4 Å². The quantitative estimate of drug-likeness (QED) is 0.683. The molecule has 0 aliphatic rings. The van der Waals surface area contributed by atoms with E-state index < -0.39 is 6.03 Å². The van der Waals surface area contributed by atoms with Crippen molar-refractivity contribution in [2.24, 2.45) is 5.92 Å². The predicted molar refractivity (Wildman–Crippen MR) is 97.9 cm³/mol. The van der Waals surface area contributed by atoms with Crippen LogP contribution in [0.25, 0.3) is 0 Å². The van der Waals surface area contributed by atoms with Crippen molar-refractivity contribution >= 4 is 11.9 Å². The maximum atomic E-state index is 11.9. The average molecular weight is 333 g/mol. The third-order valence-electron chi connectivity index (χ3n) is 3.90. The third-order valence-corrected chi connectivity index (χ3v) is 3.90. The maximum Gasteiger partial charge on any atom is 0.321 e. The highest BCUT2D eigenvalue weighted by Gasteiger charge is 2.17. The summed E-state index contributed by atoms with van der Waals surface area (Å²) in [6.07, 6.45) is 0.835. The van der Waals surface area contributed by atoms with Crippen LogP contribution in [0.5, 0.6) is 0 Å². The molecule has 24 heavy (non-hydrogen) atoms. The molecular weight excluding hydrogens is 302 g/mol. The molecule has 0 heterocycles. The van der Waals surface area contributed by atoms with E-state index in [4.69, 9.17) is 0 Å². The number of nitrogens with one attached hydrogen (secondary N) is 3. The monoisotopic (exact) mass is 333 g/mol. The highest BCUT2D eigenvalue weighted by atomic mass is 16.2. The smallest absolute Gasteiger partial charge is 0.321 e. The third kappa shape index (κ3) is 6.71. The van der Waals surface area contributed by atoms with Gasteiger partial charge in [0.2, 0.25) is 5.91 Å². The summed E-state index contributed by atoms with van der Waals surface area (Å²) >= 11 is 0. The number of rotatable bonds is 8. The molecule has 0 bridgehead atoms. The molecule has 0 aliphatic carbocycles. The van der Waals surface area contributed by atoms with Crippen molar-refractivity contribution in [3.05, 3.63) is 35.4 Å². The van der Waals surface area contributed by atoms with E-state index in [1.807, 2.05) is 6.92 Å². The van der Waals surface area contributed by atoms with Crippen LogP contribution in [0.4, 0.5) is 4.79 Å². The maximum absolute atomic E-state index is 11.9. The van der Waals surface area contributed by atoms with E-state index in [-0.39, 0.29) is 18.5 Å². The first-order valence-electron chi connectivity index (χ1n) is 8.76. The molecule has 1 atom stereocenters. The lowest BCUT2D eigenvalue weighted by Crippen LogP contribution is -2.44. The van der Waals surface area contributed by atoms with Crippen molar-refractivity contribution in [3.8, 4) is 0 Å². The van der Waals surface area contributed by atoms with Gasteiger partial charge in [-0.25, -0.2) is 4.79 Å². The molecule has 1 rings (SSSR count). The first-order chi connectivity index (χ1) is 11.3.